The number of aliphatic hydroxyl groups excluding tert-OH is 1. The number of aliphatic hydroxyl groups is 1. The molecule has 8 nitrogen and oxygen atoms in total. The van der Waals surface area contributed by atoms with Crippen molar-refractivity contribution in [3.8, 4) is 0 Å². The number of carboxylic acid groups (broad SMARTS) is 1. The standard InChI is InChI=1S/C9H15N3O5/c10-5(2-7(11)14)8(15)12-3-4(13)1-6(12)9(16)17/h4-6,13H,1-3,10H2,(H2,11,14)(H,16,17)/t4?,5-,6-/m0/s1. The number of carbonyl (C=O) groups is 3. The van der Waals surface area contributed by atoms with Crippen LogP contribution < -0.4 is 11.5 Å². The highest BCUT2D eigenvalue weighted by Gasteiger charge is 2.40. The van der Waals surface area contributed by atoms with E-state index in [-0.39, 0.29) is 19.4 Å². The molecule has 1 rings (SSSR count). The van der Waals surface area contributed by atoms with E-state index >= 15 is 0 Å². The van der Waals surface area contributed by atoms with Gasteiger partial charge in [-0.2, -0.15) is 0 Å². The van der Waals surface area contributed by atoms with Gasteiger partial charge in [0.2, 0.25) is 11.8 Å². The number of hydrogen-bond acceptors (Lipinski definition) is 5. The third-order valence-electron chi connectivity index (χ3n) is 2.59. The van der Waals surface area contributed by atoms with E-state index in [0.717, 1.165) is 4.90 Å². The molecule has 3 atom stereocenters. The van der Waals surface area contributed by atoms with E-state index in [0.29, 0.717) is 0 Å². The molecule has 0 aromatic carbocycles. The van der Waals surface area contributed by atoms with Crippen molar-refractivity contribution in [1.82, 2.24) is 4.90 Å². The largest absolute Gasteiger partial charge is 0.480 e. The van der Waals surface area contributed by atoms with Gasteiger partial charge in [-0.1, -0.05) is 0 Å². The number of likely N-dealkylation sites (tertiary alicyclic amines) is 1. The highest BCUT2D eigenvalue weighted by Crippen LogP contribution is 2.19. The first kappa shape index (κ1) is 13.4. The normalized spacial score (nSPS) is 25.6. The molecule has 17 heavy (non-hydrogen) atoms. The predicted octanol–water partition coefficient (Wildman–Crippen LogP) is -2.76. The molecule has 8 heteroatoms. The van der Waals surface area contributed by atoms with Crippen molar-refractivity contribution in [2.75, 3.05) is 6.54 Å². The summed E-state index contributed by atoms with van der Waals surface area (Å²) in [6.45, 7) is -0.0950. The van der Waals surface area contributed by atoms with Crippen molar-refractivity contribution in [2.24, 2.45) is 11.5 Å². The molecule has 0 aromatic heterocycles. The average Bonchev–Trinajstić information content (AvgIpc) is 2.58. The number of carboxylic acids is 1. The molecule has 0 aliphatic carbocycles. The number of primary amides is 1. The molecule has 1 aliphatic heterocycles. The van der Waals surface area contributed by atoms with Gasteiger partial charge in [-0.15, -0.1) is 0 Å². The van der Waals surface area contributed by atoms with Crippen LogP contribution in [0, 0.1) is 0 Å². The molecule has 0 bridgehead atoms. The maximum absolute atomic E-state index is 11.8. The third kappa shape index (κ3) is 3.14. The Hall–Kier alpha value is -1.67. The molecule has 6 N–H and O–H groups in total. The van der Waals surface area contributed by atoms with Crippen LogP contribution in [-0.2, 0) is 14.4 Å². The Morgan fingerprint density at radius 1 is 1.41 bits per heavy atom. The number of aliphatic carboxylic acids is 1. The van der Waals surface area contributed by atoms with Gasteiger partial charge < -0.3 is 26.6 Å². The maximum Gasteiger partial charge on any atom is 0.326 e. The predicted molar refractivity (Wildman–Crippen MR) is 55.5 cm³/mol. The number of amides is 2. The average molecular weight is 245 g/mol. The summed E-state index contributed by atoms with van der Waals surface area (Å²) in [4.78, 5) is 34.2. The van der Waals surface area contributed by atoms with Gasteiger partial charge >= 0.3 is 5.97 Å². The Labute approximate surface area is 97.2 Å². The van der Waals surface area contributed by atoms with Gasteiger partial charge in [0, 0.05) is 13.0 Å². The molecule has 1 fully saturated rings. The quantitative estimate of drug-likeness (QED) is 0.421. The number of hydrogen-bond donors (Lipinski definition) is 4. The first-order valence-electron chi connectivity index (χ1n) is 5.08. The fraction of sp³-hybridized carbons (Fsp3) is 0.667. The zero-order valence-corrected chi connectivity index (χ0v) is 9.07. The summed E-state index contributed by atoms with van der Waals surface area (Å²) in [5, 5.41) is 18.2. The minimum atomic E-state index is -1.21. The Balaban J connectivity index is 2.73. The molecular formula is C9H15N3O5. The molecule has 2 amide bonds. The minimum absolute atomic E-state index is 0.0373. The Kier molecular flexibility index (Phi) is 4.02. The fourth-order valence-corrected chi connectivity index (χ4v) is 1.81. The van der Waals surface area contributed by atoms with E-state index in [4.69, 9.17) is 16.6 Å². The second kappa shape index (κ2) is 5.11. The van der Waals surface area contributed by atoms with E-state index in [1.165, 1.54) is 0 Å². The monoisotopic (exact) mass is 245 g/mol. The van der Waals surface area contributed by atoms with Crippen LogP contribution in [0.2, 0.25) is 0 Å². The Morgan fingerprint density at radius 2 is 2.00 bits per heavy atom. The number of β-amino-alcohol motifs (C(OH)–C–C–N with tert-alkyl or cyclic N) is 1. The van der Waals surface area contributed by atoms with E-state index in [1.807, 2.05) is 0 Å². The zero-order chi connectivity index (χ0) is 13.2. The SMILES string of the molecule is NC(=O)C[C@H](N)C(=O)N1CC(O)C[C@H]1C(=O)O. The zero-order valence-electron chi connectivity index (χ0n) is 9.07. The molecule has 0 aromatic rings. The summed E-state index contributed by atoms with van der Waals surface area (Å²) in [7, 11) is 0. The molecule has 0 saturated carbocycles. The van der Waals surface area contributed by atoms with Gasteiger partial charge in [0.25, 0.3) is 0 Å². The third-order valence-corrected chi connectivity index (χ3v) is 2.59. The molecule has 96 valence electrons. The molecule has 1 unspecified atom stereocenters. The number of carbonyl (C=O) groups excluding carboxylic acids is 2. The topological polar surface area (TPSA) is 147 Å². The van der Waals surface area contributed by atoms with E-state index in [9.17, 15) is 19.5 Å². The summed E-state index contributed by atoms with van der Waals surface area (Å²) >= 11 is 0. The van der Waals surface area contributed by atoms with Gasteiger partial charge in [-0.3, -0.25) is 9.59 Å². The number of nitrogens with two attached hydrogens (primary N) is 2. The van der Waals surface area contributed by atoms with Crippen molar-refractivity contribution in [3.63, 3.8) is 0 Å². The van der Waals surface area contributed by atoms with Crippen molar-refractivity contribution in [3.05, 3.63) is 0 Å². The smallest absolute Gasteiger partial charge is 0.326 e. The molecule has 1 aliphatic rings. The summed E-state index contributed by atoms with van der Waals surface area (Å²) in [5.41, 5.74) is 10.3. The van der Waals surface area contributed by atoms with Crippen LogP contribution in [0.3, 0.4) is 0 Å². The molecule has 1 saturated heterocycles. The van der Waals surface area contributed by atoms with Crippen molar-refractivity contribution in [2.45, 2.75) is 31.0 Å². The molecule has 0 spiro atoms. The van der Waals surface area contributed by atoms with Crippen molar-refractivity contribution >= 4 is 17.8 Å². The minimum Gasteiger partial charge on any atom is -0.480 e. The lowest BCUT2D eigenvalue weighted by atomic mass is 10.1. The molecular weight excluding hydrogens is 230 g/mol. The Bertz CT molecular complexity index is 346. The lowest BCUT2D eigenvalue weighted by molar-refractivity contribution is -0.148. The van der Waals surface area contributed by atoms with Crippen LogP contribution in [-0.4, -0.2) is 57.6 Å². The second-order valence-corrected chi connectivity index (χ2v) is 4.01. The van der Waals surface area contributed by atoms with Crippen molar-refractivity contribution in [1.29, 1.82) is 0 Å². The van der Waals surface area contributed by atoms with Crippen LogP contribution in [0.1, 0.15) is 12.8 Å². The summed E-state index contributed by atoms with van der Waals surface area (Å²) in [5.74, 6) is -2.63. The summed E-state index contributed by atoms with van der Waals surface area (Å²) in [6, 6.07) is -2.27. The van der Waals surface area contributed by atoms with Crippen LogP contribution in [0.25, 0.3) is 0 Å². The lowest BCUT2D eigenvalue weighted by Crippen LogP contribution is -2.49. The van der Waals surface area contributed by atoms with Gasteiger partial charge in [0.15, 0.2) is 0 Å². The Morgan fingerprint density at radius 3 is 2.47 bits per heavy atom. The summed E-state index contributed by atoms with van der Waals surface area (Å²) in [6.07, 6.45) is -1.27. The molecule has 0 radical (unpaired) electrons. The van der Waals surface area contributed by atoms with Gasteiger partial charge in [0.1, 0.15) is 6.04 Å². The van der Waals surface area contributed by atoms with E-state index in [1.54, 1.807) is 0 Å². The van der Waals surface area contributed by atoms with Gasteiger partial charge in [0.05, 0.1) is 18.6 Å². The lowest BCUT2D eigenvalue weighted by Gasteiger charge is -2.23. The van der Waals surface area contributed by atoms with E-state index < -0.39 is 36.0 Å². The number of nitrogens with zero attached hydrogens (tertiary/aromatic N) is 1. The highest BCUT2D eigenvalue weighted by atomic mass is 16.4. The first-order valence-corrected chi connectivity index (χ1v) is 5.08. The maximum atomic E-state index is 11.8. The second-order valence-electron chi connectivity index (χ2n) is 4.01. The van der Waals surface area contributed by atoms with E-state index in [2.05, 4.69) is 0 Å². The van der Waals surface area contributed by atoms with Crippen LogP contribution in [0.15, 0.2) is 0 Å². The molecule has 1 heterocycles. The van der Waals surface area contributed by atoms with Gasteiger partial charge in [-0.05, 0) is 0 Å². The fourth-order valence-electron chi connectivity index (χ4n) is 1.81. The first-order chi connectivity index (χ1) is 7.82. The van der Waals surface area contributed by atoms with Crippen LogP contribution in [0.5, 0.6) is 0 Å². The van der Waals surface area contributed by atoms with Crippen molar-refractivity contribution < 1.29 is 24.6 Å². The van der Waals surface area contributed by atoms with Gasteiger partial charge in [-0.25, -0.2) is 4.79 Å². The summed E-state index contributed by atoms with van der Waals surface area (Å²) < 4.78 is 0. The number of rotatable bonds is 4. The van der Waals surface area contributed by atoms with Crippen LogP contribution in [0.4, 0.5) is 0 Å². The highest BCUT2D eigenvalue weighted by molar-refractivity contribution is 5.90. The van der Waals surface area contributed by atoms with Crippen LogP contribution >= 0.6 is 0 Å².